The molecule has 3 unspecified atom stereocenters. The topological polar surface area (TPSA) is 96.4 Å². The molecule has 1 aromatic carbocycles. The lowest BCUT2D eigenvalue weighted by Gasteiger charge is -2.39. The van der Waals surface area contributed by atoms with Crippen molar-refractivity contribution < 1.29 is 29.0 Å². The van der Waals surface area contributed by atoms with Crippen LogP contribution in [0.4, 0.5) is 0 Å². The Bertz CT molecular complexity index is 1080. The molecule has 3 heterocycles. The van der Waals surface area contributed by atoms with Crippen LogP contribution in [-0.2, 0) is 30.4 Å². The summed E-state index contributed by atoms with van der Waals surface area (Å²) in [4.78, 5) is 45.1. The van der Waals surface area contributed by atoms with E-state index in [2.05, 4.69) is 29.1 Å². The molecule has 9 heteroatoms. The molecule has 212 valence electrons. The normalized spacial score (nSPS) is 29.8. The number of likely N-dealkylation sites (tertiary alicyclic amines) is 1. The van der Waals surface area contributed by atoms with Gasteiger partial charge in [-0.25, -0.2) is 0 Å². The smallest absolute Gasteiger partial charge is 0.312 e. The first-order valence-corrected chi connectivity index (χ1v) is 14.6. The Morgan fingerprint density at radius 1 is 1.28 bits per heavy atom. The summed E-state index contributed by atoms with van der Waals surface area (Å²) in [5.41, 5.74) is -0.271. The summed E-state index contributed by atoms with van der Waals surface area (Å²) in [6.07, 6.45) is 4.13. The van der Waals surface area contributed by atoms with Gasteiger partial charge in [0.05, 0.1) is 37.2 Å². The lowest BCUT2D eigenvalue weighted by molar-refractivity contribution is -0.156. The second kappa shape index (κ2) is 12.4. The number of hydrogen-bond acceptors (Lipinski definition) is 6. The summed E-state index contributed by atoms with van der Waals surface area (Å²) >= 11 is 3.68. The predicted molar refractivity (Wildman–Crippen MR) is 151 cm³/mol. The van der Waals surface area contributed by atoms with E-state index in [1.165, 1.54) is 4.90 Å². The number of carbonyl (C=O) groups excluding carboxylic acids is 3. The zero-order valence-corrected chi connectivity index (χ0v) is 24.3. The Morgan fingerprint density at radius 3 is 2.62 bits per heavy atom. The number of aliphatic hydroxyl groups excluding tert-OH is 1. The maximum atomic E-state index is 14.5. The van der Waals surface area contributed by atoms with Gasteiger partial charge in [0.15, 0.2) is 0 Å². The average molecular weight is 604 g/mol. The molecule has 2 amide bonds. The van der Waals surface area contributed by atoms with Crippen LogP contribution in [0.2, 0.25) is 0 Å². The van der Waals surface area contributed by atoms with E-state index in [-0.39, 0.29) is 42.3 Å². The number of hydrogen-bond donors (Lipinski definition) is 1. The number of fused-ring (bicyclic) bond motifs is 1. The van der Waals surface area contributed by atoms with Crippen molar-refractivity contribution in [3.8, 4) is 0 Å². The molecule has 3 aliphatic rings. The van der Waals surface area contributed by atoms with Crippen molar-refractivity contribution in [3.63, 3.8) is 0 Å². The van der Waals surface area contributed by atoms with Crippen molar-refractivity contribution in [2.75, 3.05) is 19.8 Å². The van der Waals surface area contributed by atoms with E-state index in [0.29, 0.717) is 25.8 Å². The predicted octanol–water partition coefficient (Wildman–Crippen LogP) is 3.48. The van der Waals surface area contributed by atoms with Gasteiger partial charge in [-0.1, -0.05) is 72.3 Å². The molecule has 3 fully saturated rings. The molecule has 1 spiro atoms. The molecule has 39 heavy (non-hydrogen) atoms. The van der Waals surface area contributed by atoms with E-state index < -0.39 is 41.6 Å². The van der Waals surface area contributed by atoms with Gasteiger partial charge in [-0.15, -0.1) is 13.2 Å². The minimum Gasteiger partial charge on any atom is -0.465 e. The molecule has 3 aliphatic heterocycles. The first-order valence-electron chi connectivity index (χ1n) is 13.7. The molecule has 0 aliphatic carbocycles. The highest BCUT2D eigenvalue weighted by atomic mass is 79.9. The Balaban J connectivity index is 1.77. The third-order valence-electron chi connectivity index (χ3n) is 8.02. The summed E-state index contributed by atoms with van der Waals surface area (Å²) in [5, 5.41) is 10.4. The van der Waals surface area contributed by atoms with Crippen LogP contribution in [0.25, 0.3) is 0 Å². The van der Waals surface area contributed by atoms with Crippen molar-refractivity contribution in [2.45, 2.75) is 68.3 Å². The maximum absolute atomic E-state index is 14.5. The lowest BCUT2D eigenvalue weighted by Crippen LogP contribution is -2.59. The highest BCUT2D eigenvalue weighted by molar-refractivity contribution is 9.09. The van der Waals surface area contributed by atoms with E-state index in [1.807, 2.05) is 44.2 Å². The molecule has 1 aromatic rings. The minimum atomic E-state index is -1.21. The van der Waals surface area contributed by atoms with E-state index in [9.17, 15) is 19.5 Å². The highest BCUT2D eigenvalue weighted by Crippen LogP contribution is 2.60. The van der Waals surface area contributed by atoms with Gasteiger partial charge in [-0.3, -0.25) is 14.4 Å². The molecule has 3 saturated heterocycles. The summed E-state index contributed by atoms with van der Waals surface area (Å²) < 4.78 is 12.1. The van der Waals surface area contributed by atoms with E-state index in [0.717, 1.165) is 5.56 Å². The minimum absolute atomic E-state index is 0.162. The number of halogens is 1. The van der Waals surface area contributed by atoms with Crippen LogP contribution in [-0.4, -0.2) is 81.1 Å². The summed E-state index contributed by atoms with van der Waals surface area (Å²) in [7, 11) is 0. The molecular weight excluding hydrogens is 564 g/mol. The molecule has 7 atom stereocenters. The fraction of sp³-hybridized carbons (Fsp3) is 0.567. The van der Waals surface area contributed by atoms with Crippen LogP contribution >= 0.6 is 15.9 Å². The molecular formula is C30H39BrN2O6. The molecule has 4 rings (SSSR count). The van der Waals surface area contributed by atoms with Crippen molar-refractivity contribution >= 4 is 33.7 Å². The Labute approximate surface area is 239 Å². The summed E-state index contributed by atoms with van der Waals surface area (Å²) in [6, 6.07) is 8.04. The fourth-order valence-corrected chi connectivity index (χ4v) is 7.48. The number of esters is 1. The quantitative estimate of drug-likeness (QED) is 0.161. The van der Waals surface area contributed by atoms with Crippen LogP contribution in [0.15, 0.2) is 55.6 Å². The third-order valence-corrected chi connectivity index (χ3v) is 8.87. The van der Waals surface area contributed by atoms with E-state index >= 15 is 0 Å². The molecule has 0 radical (unpaired) electrons. The van der Waals surface area contributed by atoms with Crippen LogP contribution < -0.4 is 0 Å². The number of carbonyl (C=O) groups is 3. The van der Waals surface area contributed by atoms with Gasteiger partial charge in [0.2, 0.25) is 11.8 Å². The molecule has 0 aromatic heterocycles. The summed E-state index contributed by atoms with van der Waals surface area (Å²) in [5.74, 6) is -2.67. The zero-order valence-electron chi connectivity index (χ0n) is 22.7. The monoisotopic (exact) mass is 602 g/mol. The van der Waals surface area contributed by atoms with Gasteiger partial charge >= 0.3 is 5.97 Å². The molecule has 0 saturated carbocycles. The van der Waals surface area contributed by atoms with Crippen LogP contribution in [0.5, 0.6) is 0 Å². The van der Waals surface area contributed by atoms with Gasteiger partial charge in [0.1, 0.15) is 11.6 Å². The number of alkyl halides is 1. The summed E-state index contributed by atoms with van der Waals surface area (Å²) in [6.45, 7) is 12.0. The molecule has 8 nitrogen and oxygen atoms in total. The standard InChI is InChI=1S/C30H39BrN2O6/c1-5-7-14-38-29(37)23-24-27(35)33(21(18-34)15-19(3)4)26(30(24)16-22(31)25(23)39-30)28(36)32(13-6-2)17-20-11-9-8-10-12-20/h5-6,8-12,19,21-26,34H,1-2,7,13-18H2,3-4H3/t21-,22?,23-,24+,25-,26?,30?/m1/s1. The maximum Gasteiger partial charge on any atom is 0.312 e. The second-order valence-electron chi connectivity index (χ2n) is 11.1. The van der Waals surface area contributed by atoms with Gasteiger partial charge in [-0.05, 0) is 30.7 Å². The van der Waals surface area contributed by atoms with E-state index in [1.54, 1.807) is 17.1 Å². The Kier molecular flexibility index (Phi) is 9.34. The lowest BCUT2D eigenvalue weighted by atomic mass is 9.70. The number of benzene rings is 1. The number of ether oxygens (including phenoxy) is 2. The van der Waals surface area contributed by atoms with Gasteiger partial charge in [0, 0.05) is 17.9 Å². The van der Waals surface area contributed by atoms with Crippen LogP contribution in [0, 0.1) is 17.8 Å². The molecule has 2 bridgehead atoms. The van der Waals surface area contributed by atoms with Crippen LogP contribution in [0.1, 0.15) is 38.7 Å². The van der Waals surface area contributed by atoms with Gasteiger partial charge < -0.3 is 24.4 Å². The average Bonchev–Trinajstić information content (AvgIpc) is 3.50. The number of amides is 2. The van der Waals surface area contributed by atoms with Crippen molar-refractivity contribution in [1.82, 2.24) is 9.80 Å². The zero-order chi connectivity index (χ0) is 28.3. The van der Waals surface area contributed by atoms with Crippen molar-refractivity contribution in [2.24, 2.45) is 17.8 Å². The number of aliphatic hydroxyl groups is 1. The van der Waals surface area contributed by atoms with Crippen molar-refractivity contribution in [3.05, 3.63) is 61.2 Å². The van der Waals surface area contributed by atoms with E-state index in [4.69, 9.17) is 9.47 Å². The Hall–Kier alpha value is -2.49. The largest absolute Gasteiger partial charge is 0.465 e. The SMILES string of the molecule is C=CCCOC(=O)[C@H]1[C@@H]2OC3(CC2Br)C(C(=O)N(CC=C)Cc2ccccc2)N([C@@H](CO)CC(C)C)C(=O)[C@H]13. The van der Waals surface area contributed by atoms with Crippen LogP contribution in [0.3, 0.4) is 0 Å². The molecule has 1 N–H and O–H groups in total. The number of rotatable bonds is 13. The second-order valence-corrected chi connectivity index (χ2v) is 12.3. The highest BCUT2D eigenvalue weighted by Gasteiger charge is 2.77. The van der Waals surface area contributed by atoms with Gasteiger partial charge in [-0.2, -0.15) is 0 Å². The number of nitrogens with zero attached hydrogens (tertiary/aromatic N) is 2. The van der Waals surface area contributed by atoms with Crippen molar-refractivity contribution in [1.29, 1.82) is 0 Å². The first kappa shape index (κ1) is 29.5. The van der Waals surface area contributed by atoms with Gasteiger partial charge in [0.25, 0.3) is 0 Å². The third kappa shape index (κ3) is 5.45. The fourth-order valence-electron chi connectivity index (χ4n) is 6.53. The Morgan fingerprint density at radius 2 is 2.00 bits per heavy atom. The first-order chi connectivity index (χ1) is 18.7.